The van der Waals surface area contributed by atoms with Gasteiger partial charge in [-0.05, 0) is 30.7 Å². The molecule has 0 aliphatic rings. The monoisotopic (exact) mass is 309 g/mol. The van der Waals surface area contributed by atoms with E-state index in [0.29, 0.717) is 18.1 Å². The predicted molar refractivity (Wildman–Crippen MR) is 90.3 cm³/mol. The van der Waals surface area contributed by atoms with Crippen LogP contribution in [0.15, 0.2) is 49.4 Å². The summed E-state index contributed by atoms with van der Waals surface area (Å²) in [7, 11) is 1.66. The largest absolute Gasteiger partial charge is 0.497 e. The summed E-state index contributed by atoms with van der Waals surface area (Å²) in [5.74, 6) is 1.42. The van der Waals surface area contributed by atoms with Crippen LogP contribution in [0.1, 0.15) is 18.2 Å². The zero-order valence-electron chi connectivity index (χ0n) is 13.3. The average Bonchev–Trinajstić information content (AvgIpc) is 2.98. The first kappa shape index (κ1) is 15.1. The van der Waals surface area contributed by atoms with Gasteiger partial charge in [0.05, 0.1) is 37.3 Å². The van der Waals surface area contributed by atoms with E-state index in [1.54, 1.807) is 7.11 Å². The lowest BCUT2D eigenvalue weighted by atomic mass is 10.2. The van der Waals surface area contributed by atoms with Crippen LogP contribution in [0, 0.1) is 0 Å². The molecule has 0 radical (unpaired) electrons. The van der Waals surface area contributed by atoms with Crippen LogP contribution < -0.4 is 4.74 Å². The molecule has 5 heteroatoms. The van der Waals surface area contributed by atoms with Crippen molar-refractivity contribution >= 4 is 16.8 Å². The highest BCUT2D eigenvalue weighted by atomic mass is 16.5. The Balaban J connectivity index is 1.85. The number of imidazole rings is 1. The Morgan fingerprint density at radius 1 is 1.22 bits per heavy atom. The molecule has 0 amide bonds. The van der Waals surface area contributed by atoms with Crippen LogP contribution in [0.2, 0.25) is 0 Å². The summed E-state index contributed by atoms with van der Waals surface area (Å²) >= 11 is 0. The van der Waals surface area contributed by atoms with Gasteiger partial charge in [-0.1, -0.05) is 18.7 Å². The molecule has 0 spiro atoms. The minimum atomic E-state index is 0.569. The number of hydrogen-bond donors (Lipinski definition) is 0. The molecule has 118 valence electrons. The van der Waals surface area contributed by atoms with Crippen LogP contribution in [-0.2, 0) is 11.3 Å². The standard InChI is InChI=1S/C18H19N3O2/c1-4-23-13(2)16-9-17-18(10-19-16)21(12-20-17)11-14-5-7-15(22-3)8-6-14/h5-10,12H,2,4,11H2,1,3H3. The van der Waals surface area contributed by atoms with Gasteiger partial charge in [0, 0.05) is 6.54 Å². The molecule has 0 fully saturated rings. The van der Waals surface area contributed by atoms with Gasteiger partial charge in [-0.3, -0.25) is 4.98 Å². The molecule has 0 saturated heterocycles. The van der Waals surface area contributed by atoms with E-state index in [2.05, 4.69) is 21.1 Å². The maximum atomic E-state index is 5.40. The van der Waals surface area contributed by atoms with Crippen molar-refractivity contribution in [3.05, 3.63) is 60.7 Å². The normalized spacial score (nSPS) is 10.7. The summed E-state index contributed by atoms with van der Waals surface area (Å²) in [4.78, 5) is 8.88. The highest BCUT2D eigenvalue weighted by Gasteiger charge is 2.08. The van der Waals surface area contributed by atoms with E-state index >= 15 is 0 Å². The summed E-state index contributed by atoms with van der Waals surface area (Å²) in [6.45, 7) is 7.11. The Kier molecular flexibility index (Phi) is 4.28. The zero-order valence-corrected chi connectivity index (χ0v) is 13.3. The Hall–Kier alpha value is -2.82. The van der Waals surface area contributed by atoms with Crippen molar-refractivity contribution in [2.75, 3.05) is 13.7 Å². The Labute approximate surface area is 135 Å². The van der Waals surface area contributed by atoms with Crippen molar-refractivity contribution in [2.45, 2.75) is 13.5 Å². The molecule has 3 rings (SSSR count). The molecule has 1 aromatic carbocycles. The van der Waals surface area contributed by atoms with E-state index in [9.17, 15) is 0 Å². The first-order valence-corrected chi connectivity index (χ1v) is 7.47. The molecule has 2 aromatic heterocycles. The second-order valence-corrected chi connectivity index (χ2v) is 5.13. The lowest BCUT2D eigenvalue weighted by Gasteiger charge is -2.07. The zero-order chi connectivity index (χ0) is 16.2. The fourth-order valence-electron chi connectivity index (χ4n) is 2.41. The van der Waals surface area contributed by atoms with E-state index < -0.39 is 0 Å². The first-order chi connectivity index (χ1) is 11.2. The summed E-state index contributed by atoms with van der Waals surface area (Å²) < 4.78 is 12.6. The molecule has 0 aliphatic carbocycles. The van der Waals surface area contributed by atoms with Gasteiger partial charge in [0.2, 0.25) is 0 Å². The second kappa shape index (κ2) is 6.52. The van der Waals surface area contributed by atoms with Crippen molar-refractivity contribution in [1.29, 1.82) is 0 Å². The molecule has 0 bridgehead atoms. The van der Waals surface area contributed by atoms with Crippen LogP contribution in [0.3, 0.4) is 0 Å². The minimum absolute atomic E-state index is 0.569. The van der Waals surface area contributed by atoms with Crippen LogP contribution in [0.5, 0.6) is 5.75 Å². The Morgan fingerprint density at radius 2 is 2.00 bits per heavy atom. The van der Waals surface area contributed by atoms with E-state index in [-0.39, 0.29) is 0 Å². The highest BCUT2D eigenvalue weighted by Crippen LogP contribution is 2.19. The van der Waals surface area contributed by atoms with Crippen molar-refractivity contribution in [2.24, 2.45) is 0 Å². The third-order valence-electron chi connectivity index (χ3n) is 3.62. The quantitative estimate of drug-likeness (QED) is 0.654. The Bertz CT molecular complexity index is 822. The summed E-state index contributed by atoms with van der Waals surface area (Å²) in [6, 6.07) is 9.90. The van der Waals surface area contributed by atoms with Gasteiger partial charge >= 0.3 is 0 Å². The van der Waals surface area contributed by atoms with E-state index in [1.165, 1.54) is 5.56 Å². The van der Waals surface area contributed by atoms with Gasteiger partial charge in [0.1, 0.15) is 17.2 Å². The molecule has 0 unspecified atom stereocenters. The fourth-order valence-corrected chi connectivity index (χ4v) is 2.41. The number of pyridine rings is 1. The van der Waals surface area contributed by atoms with Gasteiger partial charge in [0.25, 0.3) is 0 Å². The Morgan fingerprint density at radius 3 is 2.70 bits per heavy atom. The molecule has 2 heterocycles. The maximum absolute atomic E-state index is 5.40. The summed E-state index contributed by atoms with van der Waals surface area (Å²) in [6.07, 6.45) is 3.63. The summed E-state index contributed by atoms with van der Waals surface area (Å²) in [5, 5.41) is 0. The number of hydrogen-bond acceptors (Lipinski definition) is 4. The minimum Gasteiger partial charge on any atom is -0.497 e. The molecule has 0 aliphatic heterocycles. The second-order valence-electron chi connectivity index (χ2n) is 5.13. The molecule has 5 nitrogen and oxygen atoms in total. The number of aromatic nitrogens is 3. The number of ether oxygens (including phenoxy) is 2. The first-order valence-electron chi connectivity index (χ1n) is 7.47. The van der Waals surface area contributed by atoms with Crippen molar-refractivity contribution in [3.8, 4) is 5.75 Å². The topological polar surface area (TPSA) is 49.2 Å². The number of methoxy groups -OCH3 is 1. The van der Waals surface area contributed by atoms with Gasteiger partial charge < -0.3 is 14.0 Å². The number of nitrogens with zero attached hydrogens (tertiary/aromatic N) is 3. The lowest BCUT2D eigenvalue weighted by Crippen LogP contribution is -1.99. The molecule has 0 atom stereocenters. The van der Waals surface area contributed by atoms with Crippen molar-refractivity contribution in [1.82, 2.24) is 14.5 Å². The third kappa shape index (κ3) is 3.18. The van der Waals surface area contributed by atoms with Crippen LogP contribution in [-0.4, -0.2) is 28.3 Å². The molecule has 3 aromatic rings. The van der Waals surface area contributed by atoms with E-state index in [0.717, 1.165) is 23.3 Å². The third-order valence-corrected chi connectivity index (χ3v) is 3.62. The molecule has 0 N–H and O–H groups in total. The molecular weight excluding hydrogens is 290 g/mol. The van der Waals surface area contributed by atoms with Crippen LogP contribution >= 0.6 is 0 Å². The number of fused-ring (bicyclic) bond motifs is 1. The molecule has 0 saturated carbocycles. The van der Waals surface area contributed by atoms with Gasteiger partial charge in [-0.25, -0.2) is 4.98 Å². The molecule has 23 heavy (non-hydrogen) atoms. The van der Waals surface area contributed by atoms with E-state index in [4.69, 9.17) is 9.47 Å². The van der Waals surface area contributed by atoms with E-state index in [1.807, 2.05) is 49.8 Å². The fraction of sp³-hybridized carbons (Fsp3) is 0.222. The van der Waals surface area contributed by atoms with Gasteiger partial charge in [-0.2, -0.15) is 0 Å². The van der Waals surface area contributed by atoms with Crippen LogP contribution in [0.4, 0.5) is 0 Å². The van der Waals surface area contributed by atoms with Crippen molar-refractivity contribution < 1.29 is 9.47 Å². The summed E-state index contributed by atoms with van der Waals surface area (Å²) in [5.41, 5.74) is 3.75. The molecular formula is C18H19N3O2. The predicted octanol–water partition coefficient (Wildman–Crippen LogP) is 3.50. The highest BCUT2D eigenvalue weighted by molar-refractivity contribution is 5.77. The smallest absolute Gasteiger partial charge is 0.137 e. The van der Waals surface area contributed by atoms with Crippen LogP contribution in [0.25, 0.3) is 16.8 Å². The van der Waals surface area contributed by atoms with Crippen molar-refractivity contribution in [3.63, 3.8) is 0 Å². The maximum Gasteiger partial charge on any atom is 0.137 e. The van der Waals surface area contributed by atoms with Gasteiger partial charge in [0.15, 0.2) is 0 Å². The van der Waals surface area contributed by atoms with Gasteiger partial charge in [-0.15, -0.1) is 0 Å². The lowest BCUT2D eigenvalue weighted by molar-refractivity contribution is 0.298. The SMILES string of the molecule is C=C(OCC)c1cc2ncn(Cc3ccc(OC)cc3)c2cn1. The average molecular weight is 309 g/mol. The number of benzene rings is 1. The number of rotatable bonds is 6.